The van der Waals surface area contributed by atoms with Gasteiger partial charge < -0.3 is 10.4 Å². The Morgan fingerprint density at radius 2 is 1.87 bits per heavy atom. The molecule has 120 valence electrons. The molecule has 3 rings (SSSR count). The van der Waals surface area contributed by atoms with Crippen molar-refractivity contribution in [3.63, 3.8) is 0 Å². The highest BCUT2D eigenvalue weighted by Crippen LogP contribution is 2.33. The van der Waals surface area contributed by atoms with Gasteiger partial charge in [-0.3, -0.25) is 9.59 Å². The molecule has 2 aromatic rings. The molecule has 0 unspecified atom stereocenters. The Morgan fingerprint density at radius 3 is 2.57 bits per heavy atom. The summed E-state index contributed by atoms with van der Waals surface area (Å²) in [4.78, 5) is 23.3. The molecule has 2 aromatic carbocycles. The number of carboxylic acids is 1. The molecule has 0 spiro atoms. The van der Waals surface area contributed by atoms with Crippen molar-refractivity contribution in [2.45, 2.75) is 38.1 Å². The number of hydrogen-bond donors (Lipinski definition) is 2. The summed E-state index contributed by atoms with van der Waals surface area (Å²) in [5, 5.41) is 14.2. The Kier molecular flexibility index (Phi) is 4.60. The average molecular weight is 311 g/mol. The van der Waals surface area contributed by atoms with Gasteiger partial charge in [-0.15, -0.1) is 0 Å². The van der Waals surface area contributed by atoms with Gasteiger partial charge in [0.25, 0.3) is 0 Å². The zero-order valence-electron chi connectivity index (χ0n) is 13.0. The first-order valence-corrected chi connectivity index (χ1v) is 8.11. The van der Waals surface area contributed by atoms with E-state index in [1.165, 1.54) is 12.8 Å². The molecule has 1 aliphatic rings. The number of aliphatic carboxylic acids is 1. The number of benzene rings is 2. The highest BCUT2D eigenvalue weighted by atomic mass is 16.4. The summed E-state index contributed by atoms with van der Waals surface area (Å²) in [7, 11) is 0. The summed E-state index contributed by atoms with van der Waals surface area (Å²) >= 11 is 0. The van der Waals surface area contributed by atoms with Crippen molar-refractivity contribution in [1.29, 1.82) is 0 Å². The zero-order chi connectivity index (χ0) is 16.2. The Balaban J connectivity index is 1.75. The van der Waals surface area contributed by atoms with Gasteiger partial charge in [0.1, 0.15) is 0 Å². The standard InChI is InChI=1S/C19H21NO3/c21-18(10-7-13-5-6-13)20-17(12-19(22)23)16-9-8-14-3-1-2-4-15(14)11-16/h1-4,8-9,11,13,17H,5-7,10,12H2,(H,20,21)(H,22,23)/t17-/m0/s1. The second kappa shape index (κ2) is 6.82. The van der Waals surface area contributed by atoms with E-state index in [1.54, 1.807) is 0 Å². The van der Waals surface area contributed by atoms with E-state index in [4.69, 9.17) is 5.11 Å². The monoisotopic (exact) mass is 311 g/mol. The number of fused-ring (bicyclic) bond motifs is 1. The van der Waals surface area contributed by atoms with E-state index in [-0.39, 0.29) is 12.3 Å². The van der Waals surface area contributed by atoms with E-state index in [1.807, 2.05) is 42.5 Å². The summed E-state index contributed by atoms with van der Waals surface area (Å²) in [6.45, 7) is 0. The Hall–Kier alpha value is -2.36. The SMILES string of the molecule is O=C(O)C[C@H](NC(=O)CCC1CC1)c1ccc2ccccc2c1. The molecule has 0 aromatic heterocycles. The summed E-state index contributed by atoms with van der Waals surface area (Å²) in [6.07, 6.45) is 3.72. The maximum Gasteiger partial charge on any atom is 0.305 e. The van der Waals surface area contributed by atoms with Crippen LogP contribution in [0, 0.1) is 5.92 Å². The third-order valence-corrected chi connectivity index (χ3v) is 4.37. The molecular formula is C19H21NO3. The van der Waals surface area contributed by atoms with Crippen LogP contribution in [0.15, 0.2) is 42.5 Å². The van der Waals surface area contributed by atoms with Crippen LogP contribution in [0.3, 0.4) is 0 Å². The first-order valence-electron chi connectivity index (χ1n) is 8.11. The molecule has 4 nitrogen and oxygen atoms in total. The van der Waals surface area contributed by atoms with E-state index in [9.17, 15) is 9.59 Å². The van der Waals surface area contributed by atoms with Gasteiger partial charge in [0.2, 0.25) is 5.91 Å². The fourth-order valence-corrected chi connectivity index (χ4v) is 2.86. The first kappa shape index (κ1) is 15.5. The molecule has 1 atom stereocenters. The van der Waals surface area contributed by atoms with Gasteiger partial charge in [-0.25, -0.2) is 0 Å². The molecule has 23 heavy (non-hydrogen) atoms. The van der Waals surface area contributed by atoms with E-state index in [0.717, 1.165) is 22.8 Å². The summed E-state index contributed by atoms with van der Waals surface area (Å²) in [5.74, 6) is -0.277. The minimum Gasteiger partial charge on any atom is -0.481 e. The minimum absolute atomic E-state index is 0.0590. The lowest BCUT2D eigenvalue weighted by molar-refractivity contribution is -0.137. The maximum atomic E-state index is 12.1. The van der Waals surface area contributed by atoms with Gasteiger partial charge in [-0.05, 0) is 34.7 Å². The summed E-state index contributed by atoms with van der Waals surface area (Å²) in [5.41, 5.74) is 0.839. The van der Waals surface area contributed by atoms with Crippen LogP contribution in [0.5, 0.6) is 0 Å². The molecule has 1 fully saturated rings. The van der Waals surface area contributed by atoms with Crippen molar-refractivity contribution in [3.8, 4) is 0 Å². The van der Waals surface area contributed by atoms with Crippen molar-refractivity contribution in [2.75, 3.05) is 0 Å². The van der Waals surface area contributed by atoms with Crippen LogP contribution in [0.2, 0.25) is 0 Å². The largest absolute Gasteiger partial charge is 0.481 e. The second-order valence-electron chi connectivity index (χ2n) is 6.31. The Bertz CT molecular complexity index is 721. The van der Waals surface area contributed by atoms with Gasteiger partial charge in [0.05, 0.1) is 12.5 Å². The highest BCUT2D eigenvalue weighted by Gasteiger charge is 2.23. The van der Waals surface area contributed by atoms with Crippen molar-refractivity contribution < 1.29 is 14.7 Å². The lowest BCUT2D eigenvalue weighted by Gasteiger charge is -2.18. The van der Waals surface area contributed by atoms with Crippen molar-refractivity contribution in [1.82, 2.24) is 5.32 Å². The van der Waals surface area contributed by atoms with Gasteiger partial charge in [-0.2, -0.15) is 0 Å². The smallest absolute Gasteiger partial charge is 0.305 e. The number of nitrogens with one attached hydrogen (secondary N) is 1. The molecule has 4 heteroatoms. The number of amides is 1. The topological polar surface area (TPSA) is 66.4 Å². The Labute approximate surface area is 135 Å². The second-order valence-corrected chi connectivity index (χ2v) is 6.31. The molecule has 0 heterocycles. The average Bonchev–Trinajstić information content (AvgIpc) is 3.36. The molecule has 2 N–H and O–H groups in total. The molecule has 0 bridgehead atoms. The van der Waals surface area contributed by atoms with Gasteiger partial charge in [0, 0.05) is 6.42 Å². The zero-order valence-corrected chi connectivity index (χ0v) is 13.0. The van der Waals surface area contributed by atoms with Gasteiger partial charge in [-0.1, -0.05) is 49.2 Å². The fraction of sp³-hybridized carbons (Fsp3) is 0.368. The minimum atomic E-state index is -0.911. The first-order chi connectivity index (χ1) is 11.1. The number of hydrogen-bond acceptors (Lipinski definition) is 2. The predicted octanol–water partition coefficient (Wildman–Crippen LogP) is 3.66. The molecular weight excluding hydrogens is 290 g/mol. The van der Waals surface area contributed by atoms with E-state index >= 15 is 0 Å². The molecule has 0 radical (unpaired) electrons. The van der Waals surface area contributed by atoms with Crippen LogP contribution in [0.25, 0.3) is 10.8 Å². The van der Waals surface area contributed by atoms with Crippen LogP contribution in [0.1, 0.15) is 43.7 Å². The summed E-state index contributed by atoms with van der Waals surface area (Å²) in [6, 6.07) is 13.3. The van der Waals surface area contributed by atoms with Gasteiger partial charge >= 0.3 is 5.97 Å². The Morgan fingerprint density at radius 1 is 1.13 bits per heavy atom. The lowest BCUT2D eigenvalue weighted by Crippen LogP contribution is -2.30. The van der Waals surface area contributed by atoms with Crippen molar-refractivity contribution in [2.24, 2.45) is 5.92 Å². The van der Waals surface area contributed by atoms with E-state index in [2.05, 4.69) is 5.32 Å². The maximum absolute atomic E-state index is 12.1. The van der Waals surface area contributed by atoms with Crippen LogP contribution < -0.4 is 5.32 Å². The third-order valence-electron chi connectivity index (χ3n) is 4.37. The van der Waals surface area contributed by atoms with Crippen LogP contribution in [-0.2, 0) is 9.59 Å². The van der Waals surface area contributed by atoms with Crippen molar-refractivity contribution >= 4 is 22.6 Å². The third kappa shape index (κ3) is 4.31. The number of carbonyl (C=O) groups excluding carboxylic acids is 1. The fourth-order valence-electron chi connectivity index (χ4n) is 2.86. The van der Waals surface area contributed by atoms with Crippen LogP contribution >= 0.6 is 0 Å². The molecule has 1 amide bonds. The quantitative estimate of drug-likeness (QED) is 0.820. The molecule has 1 aliphatic carbocycles. The number of carbonyl (C=O) groups is 2. The number of rotatable bonds is 7. The molecule has 0 saturated heterocycles. The predicted molar refractivity (Wildman–Crippen MR) is 89.0 cm³/mol. The lowest BCUT2D eigenvalue weighted by atomic mass is 9.99. The van der Waals surface area contributed by atoms with E-state index in [0.29, 0.717) is 12.3 Å². The van der Waals surface area contributed by atoms with Crippen LogP contribution in [0.4, 0.5) is 0 Å². The van der Waals surface area contributed by atoms with Crippen LogP contribution in [-0.4, -0.2) is 17.0 Å². The van der Waals surface area contributed by atoms with E-state index < -0.39 is 12.0 Å². The summed E-state index contributed by atoms with van der Waals surface area (Å²) < 4.78 is 0. The van der Waals surface area contributed by atoms with Gasteiger partial charge in [0.15, 0.2) is 0 Å². The van der Waals surface area contributed by atoms with Crippen molar-refractivity contribution in [3.05, 3.63) is 48.0 Å². The molecule has 0 aliphatic heterocycles. The number of carboxylic acid groups (broad SMARTS) is 1. The normalized spacial score (nSPS) is 15.3. The molecule has 1 saturated carbocycles. The highest BCUT2D eigenvalue weighted by molar-refractivity contribution is 5.84.